The van der Waals surface area contributed by atoms with Crippen LogP contribution in [0, 0.1) is 0 Å². The highest BCUT2D eigenvalue weighted by Gasteiger charge is 2.35. The summed E-state index contributed by atoms with van der Waals surface area (Å²) in [5.74, 6) is 0.996. The van der Waals surface area contributed by atoms with Crippen molar-refractivity contribution >= 4 is 68.2 Å². The molecule has 1 aliphatic rings. The minimum Gasteiger partial charge on any atom is -0.493 e. The maximum atomic E-state index is 14.3. The third-order valence-corrected chi connectivity index (χ3v) is 9.94. The highest BCUT2D eigenvalue weighted by atomic mass is 79.9. The van der Waals surface area contributed by atoms with Crippen LogP contribution < -0.4 is 29.1 Å². The van der Waals surface area contributed by atoms with Gasteiger partial charge in [-0.1, -0.05) is 83.1 Å². The SMILES string of the molecule is CCOC(=O)C1=C(c2ccccc2)N=c2s/c(=C\c3ccc(OCc4ccc(Cl)cc4Cl)c(Br)c3)c(=O)n2[C@@H]1c1ccc(OC)c(OC)c1. The van der Waals surface area contributed by atoms with Crippen molar-refractivity contribution in [2.75, 3.05) is 20.8 Å². The summed E-state index contributed by atoms with van der Waals surface area (Å²) < 4.78 is 25.3. The van der Waals surface area contributed by atoms with Crippen LogP contribution in [0.2, 0.25) is 10.0 Å². The van der Waals surface area contributed by atoms with Crippen molar-refractivity contribution < 1.29 is 23.7 Å². The molecule has 0 fully saturated rings. The maximum Gasteiger partial charge on any atom is 0.338 e. The second-order valence-corrected chi connectivity index (χ2v) is 13.5. The first-order valence-electron chi connectivity index (χ1n) is 15.1. The first kappa shape index (κ1) is 34.5. The van der Waals surface area contributed by atoms with Crippen LogP contribution in [-0.2, 0) is 16.1 Å². The second kappa shape index (κ2) is 15.0. The Morgan fingerprint density at radius 2 is 1.71 bits per heavy atom. The van der Waals surface area contributed by atoms with E-state index in [0.29, 0.717) is 57.9 Å². The lowest BCUT2D eigenvalue weighted by Gasteiger charge is -2.26. The molecule has 12 heteroatoms. The molecular weight excluding hydrogens is 751 g/mol. The van der Waals surface area contributed by atoms with E-state index in [0.717, 1.165) is 11.1 Å². The molecule has 0 saturated heterocycles. The molecular formula is C37H29BrCl2N2O6S. The highest BCUT2D eigenvalue weighted by molar-refractivity contribution is 9.10. The molecule has 2 heterocycles. The summed E-state index contributed by atoms with van der Waals surface area (Å²) in [6.45, 7) is 2.13. The number of aromatic nitrogens is 1. The number of thiazole rings is 1. The predicted molar refractivity (Wildman–Crippen MR) is 196 cm³/mol. The van der Waals surface area contributed by atoms with Crippen molar-refractivity contribution in [2.45, 2.75) is 19.6 Å². The van der Waals surface area contributed by atoms with Gasteiger partial charge in [-0.15, -0.1) is 0 Å². The molecule has 250 valence electrons. The van der Waals surface area contributed by atoms with Gasteiger partial charge < -0.3 is 18.9 Å². The predicted octanol–water partition coefficient (Wildman–Crippen LogP) is 7.60. The van der Waals surface area contributed by atoms with E-state index in [1.807, 2.05) is 60.7 Å². The molecule has 0 unspecified atom stereocenters. The number of carbonyl (C=O) groups is 1. The smallest absolute Gasteiger partial charge is 0.338 e. The van der Waals surface area contributed by atoms with Crippen molar-refractivity contribution in [1.29, 1.82) is 0 Å². The Morgan fingerprint density at radius 3 is 2.41 bits per heavy atom. The van der Waals surface area contributed by atoms with Gasteiger partial charge in [-0.3, -0.25) is 9.36 Å². The average Bonchev–Trinajstić information content (AvgIpc) is 3.41. The van der Waals surface area contributed by atoms with Crippen LogP contribution in [0.3, 0.4) is 0 Å². The summed E-state index contributed by atoms with van der Waals surface area (Å²) in [6.07, 6.45) is 1.79. The van der Waals surface area contributed by atoms with Gasteiger partial charge in [0.1, 0.15) is 12.4 Å². The number of ether oxygens (including phenoxy) is 4. The molecule has 49 heavy (non-hydrogen) atoms. The van der Waals surface area contributed by atoms with Gasteiger partial charge in [-0.2, -0.15) is 0 Å². The molecule has 0 amide bonds. The van der Waals surface area contributed by atoms with Crippen LogP contribution in [0.15, 0.2) is 105 Å². The van der Waals surface area contributed by atoms with E-state index in [2.05, 4.69) is 15.9 Å². The number of carbonyl (C=O) groups excluding carboxylic acids is 1. The Hall–Kier alpha value is -4.35. The Morgan fingerprint density at radius 1 is 0.959 bits per heavy atom. The number of hydrogen-bond donors (Lipinski definition) is 0. The molecule has 1 aliphatic heterocycles. The third kappa shape index (κ3) is 7.19. The number of benzene rings is 4. The number of fused-ring (bicyclic) bond motifs is 1. The van der Waals surface area contributed by atoms with Crippen molar-refractivity contribution in [3.8, 4) is 17.2 Å². The normalized spacial score (nSPS) is 14.2. The maximum absolute atomic E-state index is 14.3. The van der Waals surface area contributed by atoms with Gasteiger partial charge in [0.2, 0.25) is 0 Å². The first-order chi connectivity index (χ1) is 23.7. The van der Waals surface area contributed by atoms with Gasteiger partial charge in [0.15, 0.2) is 16.3 Å². The topological polar surface area (TPSA) is 88.4 Å². The van der Waals surface area contributed by atoms with Crippen LogP contribution in [0.4, 0.5) is 0 Å². The summed E-state index contributed by atoms with van der Waals surface area (Å²) in [4.78, 5) is 33.4. The van der Waals surface area contributed by atoms with Crippen LogP contribution in [0.1, 0.15) is 35.2 Å². The van der Waals surface area contributed by atoms with Crippen LogP contribution in [0.5, 0.6) is 17.2 Å². The fourth-order valence-electron chi connectivity index (χ4n) is 5.45. The highest BCUT2D eigenvalue weighted by Crippen LogP contribution is 2.38. The Bertz CT molecular complexity index is 2270. The van der Waals surface area contributed by atoms with E-state index >= 15 is 0 Å². The molecule has 1 aromatic heterocycles. The molecule has 0 aliphatic carbocycles. The summed E-state index contributed by atoms with van der Waals surface area (Å²) in [6, 6.07) is 24.6. The zero-order valence-electron chi connectivity index (χ0n) is 26.5. The largest absolute Gasteiger partial charge is 0.493 e. The number of methoxy groups -OCH3 is 2. The van der Waals surface area contributed by atoms with E-state index in [-0.39, 0.29) is 24.3 Å². The van der Waals surface area contributed by atoms with E-state index < -0.39 is 12.0 Å². The van der Waals surface area contributed by atoms with Gasteiger partial charge in [0.25, 0.3) is 5.56 Å². The van der Waals surface area contributed by atoms with Gasteiger partial charge >= 0.3 is 5.97 Å². The molecule has 0 saturated carbocycles. The molecule has 1 atom stereocenters. The molecule has 0 radical (unpaired) electrons. The van der Waals surface area contributed by atoms with Crippen molar-refractivity contribution in [2.24, 2.45) is 4.99 Å². The van der Waals surface area contributed by atoms with Gasteiger partial charge in [0.05, 0.1) is 47.1 Å². The minimum atomic E-state index is -0.866. The van der Waals surface area contributed by atoms with Crippen molar-refractivity contribution in [3.05, 3.63) is 147 Å². The molecule has 8 nitrogen and oxygen atoms in total. The summed E-state index contributed by atoms with van der Waals surface area (Å²) >= 11 is 17.2. The number of nitrogens with zero attached hydrogens (tertiary/aromatic N) is 2. The second-order valence-electron chi connectivity index (χ2n) is 10.8. The zero-order chi connectivity index (χ0) is 34.7. The number of rotatable bonds is 10. The lowest BCUT2D eigenvalue weighted by atomic mass is 9.93. The average molecular weight is 781 g/mol. The monoisotopic (exact) mass is 778 g/mol. The van der Waals surface area contributed by atoms with E-state index in [1.54, 1.807) is 48.9 Å². The first-order valence-corrected chi connectivity index (χ1v) is 17.5. The standard InChI is InChI=1S/C37H29BrCl2N2O6S/c1-4-47-36(44)32-33(22-8-6-5-7-9-22)41-37-42(34(32)23-12-15-29(45-2)30(18-23)46-3)35(43)31(49-37)17-21-10-14-28(26(38)16-21)48-20-24-11-13-25(39)19-27(24)40/h5-19,34H,4,20H2,1-3H3/b31-17-/t34-/m1/s1. The third-order valence-electron chi connectivity index (χ3n) is 7.75. The van der Waals surface area contributed by atoms with E-state index in [9.17, 15) is 9.59 Å². The van der Waals surface area contributed by atoms with E-state index in [4.69, 9.17) is 47.1 Å². The molecule has 0 spiro atoms. The molecule has 0 bridgehead atoms. The van der Waals surface area contributed by atoms with Crippen molar-refractivity contribution in [1.82, 2.24) is 4.57 Å². The molecule has 4 aromatic carbocycles. The van der Waals surface area contributed by atoms with Gasteiger partial charge in [-0.25, -0.2) is 9.79 Å². The minimum absolute atomic E-state index is 0.148. The fourth-order valence-corrected chi connectivity index (χ4v) is 7.42. The Labute approximate surface area is 304 Å². The fraction of sp³-hybridized carbons (Fsp3) is 0.162. The zero-order valence-corrected chi connectivity index (χ0v) is 30.5. The Balaban J connectivity index is 1.47. The number of esters is 1. The molecule has 6 rings (SSSR count). The number of hydrogen-bond acceptors (Lipinski definition) is 8. The lowest BCUT2D eigenvalue weighted by molar-refractivity contribution is -0.138. The van der Waals surface area contributed by atoms with Crippen LogP contribution in [0.25, 0.3) is 11.8 Å². The summed E-state index contributed by atoms with van der Waals surface area (Å²) in [7, 11) is 3.08. The van der Waals surface area contributed by atoms with Gasteiger partial charge in [0, 0.05) is 21.2 Å². The summed E-state index contributed by atoms with van der Waals surface area (Å²) in [5.41, 5.74) is 3.25. The quantitative estimate of drug-likeness (QED) is 0.136. The van der Waals surface area contributed by atoms with Crippen LogP contribution in [-0.4, -0.2) is 31.4 Å². The van der Waals surface area contributed by atoms with Crippen LogP contribution >= 0.6 is 50.5 Å². The lowest BCUT2D eigenvalue weighted by Crippen LogP contribution is -2.40. The van der Waals surface area contributed by atoms with Gasteiger partial charge in [-0.05, 0) is 76.5 Å². The van der Waals surface area contributed by atoms with E-state index in [1.165, 1.54) is 18.4 Å². The summed E-state index contributed by atoms with van der Waals surface area (Å²) in [5, 5.41) is 1.07. The molecule has 0 N–H and O–H groups in total. The molecule has 5 aromatic rings. The Kier molecular flexibility index (Phi) is 10.6. The van der Waals surface area contributed by atoms with Crippen molar-refractivity contribution in [3.63, 3.8) is 0 Å². The number of halogens is 3.